The monoisotopic (exact) mass is 431 g/mol. The summed E-state index contributed by atoms with van der Waals surface area (Å²) in [5.74, 6) is 0.0835. The zero-order chi connectivity index (χ0) is 21.7. The van der Waals surface area contributed by atoms with E-state index in [1.807, 2.05) is 51.2 Å². The molecule has 1 saturated heterocycles. The van der Waals surface area contributed by atoms with Crippen LogP contribution in [0, 0.1) is 13.8 Å². The Morgan fingerprint density at radius 1 is 1.10 bits per heavy atom. The van der Waals surface area contributed by atoms with Crippen molar-refractivity contribution in [1.29, 1.82) is 0 Å². The van der Waals surface area contributed by atoms with E-state index in [1.54, 1.807) is 9.80 Å². The number of hydrogen-bond acceptors (Lipinski definition) is 4. The number of rotatable bonds is 8. The van der Waals surface area contributed by atoms with Crippen molar-refractivity contribution in [3.63, 3.8) is 0 Å². The molecule has 2 heterocycles. The van der Waals surface area contributed by atoms with Crippen LogP contribution in [0.25, 0.3) is 0 Å². The third-order valence-electron chi connectivity index (χ3n) is 5.59. The highest BCUT2D eigenvalue weighted by Gasteiger charge is 2.21. The van der Waals surface area contributed by atoms with Crippen LogP contribution < -0.4 is 0 Å². The van der Waals surface area contributed by atoms with E-state index in [0.717, 1.165) is 34.9 Å². The average molecular weight is 432 g/mol. The van der Waals surface area contributed by atoms with Gasteiger partial charge in [0.25, 0.3) is 0 Å². The first-order chi connectivity index (χ1) is 14.3. The lowest BCUT2D eigenvalue weighted by Gasteiger charge is -2.28. The summed E-state index contributed by atoms with van der Waals surface area (Å²) in [6, 6.07) is 9.81. The molecule has 0 aliphatic carbocycles. The van der Waals surface area contributed by atoms with Crippen LogP contribution in [0.1, 0.15) is 27.3 Å². The van der Waals surface area contributed by atoms with Crippen molar-refractivity contribution >= 4 is 23.3 Å². The molecule has 1 amide bonds. The second-order valence-corrected chi connectivity index (χ2v) is 8.34. The van der Waals surface area contributed by atoms with E-state index in [1.165, 1.54) is 5.56 Å². The van der Waals surface area contributed by atoms with Gasteiger partial charge >= 0.3 is 0 Å². The summed E-state index contributed by atoms with van der Waals surface area (Å²) in [4.78, 5) is 28.9. The summed E-state index contributed by atoms with van der Waals surface area (Å²) in [6.07, 6.45) is 0.870. The number of likely N-dealkylation sites (N-methyl/N-ethyl adjacent to an activating group) is 1. The van der Waals surface area contributed by atoms with Crippen LogP contribution in [0.2, 0.25) is 5.02 Å². The highest BCUT2D eigenvalue weighted by atomic mass is 35.5. The minimum Gasteiger partial charge on any atom is -0.378 e. The molecule has 1 aromatic carbocycles. The van der Waals surface area contributed by atoms with Crippen molar-refractivity contribution in [3.8, 4) is 0 Å². The third kappa shape index (κ3) is 5.72. The van der Waals surface area contributed by atoms with Gasteiger partial charge in [0.15, 0.2) is 5.78 Å². The molecular weight excluding hydrogens is 402 g/mol. The normalized spacial score (nSPS) is 14.4. The molecule has 3 rings (SSSR count). The summed E-state index contributed by atoms with van der Waals surface area (Å²) >= 11 is 5.96. The summed E-state index contributed by atoms with van der Waals surface area (Å²) in [5.41, 5.74) is 3.98. The van der Waals surface area contributed by atoms with Crippen LogP contribution >= 0.6 is 11.6 Å². The van der Waals surface area contributed by atoms with Gasteiger partial charge in [0.2, 0.25) is 5.91 Å². The molecule has 0 bridgehead atoms. The lowest BCUT2D eigenvalue weighted by atomic mass is 10.1. The zero-order valence-electron chi connectivity index (χ0n) is 18.0. The Morgan fingerprint density at radius 3 is 2.43 bits per heavy atom. The van der Waals surface area contributed by atoms with E-state index in [2.05, 4.69) is 4.57 Å². The Balaban J connectivity index is 1.58. The van der Waals surface area contributed by atoms with E-state index in [0.29, 0.717) is 26.3 Å². The van der Waals surface area contributed by atoms with Gasteiger partial charge in [-0.1, -0.05) is 23.7 Å². The maximum atomic E-state index is 12.9. The zero-order valence-corrected chi connectivity index (χ0v) is 18.7. The molecule has 0 N–H and O–H groups in total. The predicted octanol–water partition coefficient (Wildman–Crippen LogP) is 2.97. The smallest absolute Gasteiger partial charge is 0.236 e. The Hall–Kier alpha value is -2.15. The van der Waals surface area contributed by atoms with Gasteiger partial charge in [-0.05, 0) is 51.1 Å². The maximum absolute atomic E-state index is 12.9. The van der Waals surface area contributed by atoms with Gasteiger partial charge in [0, 0.05) is 41.6 Å². The van der Waals surface area contributed by atoms with Crippen molar-refractivity contribution in [3.05, 3.63) is 57.9 Å². The van der Waals surface area contributed by atoms with Crippen molar-refractivity contribution in [2.45, 2.75) is 26.8 Å². The Bertz CT molecular complexity index is 886. The first-order valence-electron chi connectivity index (χ1n) is 10.3. The average Bonchev–Trinajstić information content (AvgIpc) is 3.02. The quantitative estimate of drug-likeness (QED) is 0.603. The first-order valence-corrected chi connectivity index (χ1v) is 10.7. The number of aryl methyl sites for hydroxylation is 2. The molecule has 0 saturated carbocycles. The van der Waals surface area contributed by atoms with Crippen molar-refractivity contribution in [2.75, 3.05) is 46.4 Å². The van der Waals surface area contributed by atoms with Crippen LogP contribution in [-0.4, -0.2) is 72.5 Å². The summed E-state index contributed by atoms with van der Waals surface area (Å²) in [6.45, 7) is 7.67. The number of benzene rings is 1. The summed E-state index contributed by atoms with van der Waals surface area (Å²) in [5, 5.41) is 0.733. The predicted molar refractivity (Wildman–Crippen MR) is 118 cm³/mol. The van der Waals surface area contributed by atoms with Gasteiger partial charge in [0.1, 0.15) is 0 Å². The number of hydrogen-bond donors (Lipinski definition) is 0. The van der Waals surface area contributed by atoms with Crippen LogP contribution in [0.15, 0.2) is 30.3 Å². The highest BCUT2D eigenvalue weighted by Crippen LogP contribution is 2.18. The topological polar surface area (TPSA) is 54.8 Å². The highest BCUT2D eigenvalue weighted by molar-refractivity contribution is 6.30. The van der Waals surface area contributed by atoms with Crippen molar-refractivity contribution in [2.24, 2.45) is 0 Å². The van der Waals surface area contributed by atoms with Crippen LogP contribution in [-0.2, 0) is 22.5 Å². The van der Waals surface area contributed by atoms with Crippen LogP contribution in [0.5, 0.6) is 0 Å². The molecule has 2 aromatic rings. The molecule has 162 valence electrons. The fourth-order valence-electron chi connectivity index (χ4n) is 3.85. The first kappa shape index (κ1) is 22.5. The molecule has 0 atom stereocenters. The molecule has 1 fully saturated rings. The number of carbonyl (C=O) groups is 2. The fourth-order valence-corrected chi connectivity index (χ4v) is 3.98. The van der Waals surface area contributed by atoms with Gasteiger partial charge in [-0.25, -0.2) is 0 Å². The van der Waals surface area contributed by atoms with E-state index in [9.17, 15) is 9.59 Å². The Labute approximate surface area is 183 Å². The third-order valence-corrected chi connectivity index (χ3v) is 5.85. The molecule has 1 aromatic heterocycles. The summed E-state index contributed by atoms with van der Waals surface area (Å²) in [7, 11) is 1.82. The standard InChI is InChI=1S/C23H30ClN3O3/c1-17-14-21(18(2)27(17)9-8-19-4-6-20(24)7-5-19)22(28)15-25(3)16-23(29)26-10-12-30-13-11-26/h4-7,14H,8-13,15-16H2,1-3H3. The summed E-state index contributed by atoms with van der Waals surface area (Å²) < 4.78 is 7.47. The van der Waals surface area contributed by atoms with Gasteiger partial charge in [0.05, 0.1) is 26.3 Å². The fraction of sp³-hybridized carbons (Fsp3) is 0.478. The van der Waals surface area contributed by atoms with Gasteiger partial charge < -0.3 is 14.2 Å². The van der Waals surface area contributed by atoms with E-state index < -0.39 is 0 Å². The number of morpholine rings is 1. The Kier molecular flexibility index (Phi) is 7.69. The molecule has 1 aliphatic rings. The molecular formula is C23H30ClN3O3. The number of halogens is 1. The molecule has 0 spiro atoms. The molecule has 30 heavy (non-hydrogen) atoms. The number of amides is 1. The van der Waals surface area contributed by atoms with Gasteiger partial charge in [-0.2, -0.15) is 0 Å². The Morgan fingerprint density at radius 2 is 1.77 bits per heavy atom. The van der Waals surface area contributed by atoms with Crippen LogP contribution in [0.4, 0.5) is 0 Å². The SMILES string of the molecule is Cc1cc(C(=O)CN(C)CC(=O)N2CCOCC2)c(C)n1CCc1ccc(Cl)cc1. The second-order valence-electron chi connectivity index (χ2n) is 7.90. The van der Waals surface area contributed by atoms with Gasteiger partial charge in [-0.3, -0.25) is 14.5 Å². The van der Waals surface area contributed by atoms with E-state index in [4.69, 9.17) is 16.3 Å². The lowest BCUT2D eigenvalue weighted by Crippen LogP contribution is -2.45. The molecule has 0 radical (unpaired) electrons. The minimum atomic E-state index is 0.0399. The minimum absolute atomic E-state index is 0.0399. The maximum Gasteiger partial charge on any atom is 0.236 e. The lowest BCUT2D eigenvalue weighted by molar-refractivity contribution is -0.136. The van der Waals surface area contributed by atoms with Gasteiger partial charge in [-0.15, -0.1) is 0 Å². The second kappa shape index (κ2) is 10.2. The number of nitrogens with zero attached hydrogens (tertiary/aromatic N) is 3. The molecule has 6 nitrogen and oxygen atoms in total. The van der Waals surface area contributed by atoms with E-state index in [-0.39, 0.29) is 24.8 Å². The molecule has 1 aliphatic heterocycles. The van der Waals surface area contributed by atoms with Crippen molar-refractivity contribution < 1.29 is 14.3 Å². The number of carbonyl (C=O) groups excluding carboxylic acids is 2. The van der Waals surface area contributed by atoms with Crippen LogP contribution in [0.3, 0.4) is 0 Å². The largest absolute Gasteiger partial charge is 0.378 e. The number of ether oxygens (including phenoxy) is 1. The molecule has 7 heteroatoms. The molecule has 0 unspecified atom stereocenters. The van der Waals surface area contributed by atoms with Crippen molar-refractivity contribution in [1.82, 2.24) is 14.4 Å². The number of Topliss-reactive ketones (excluding diaryl/α,β-unsaturated/α-hetero) is 1. The number of ketones is 1. The van der Waals surface area contributed by atoms with E-state index >= 15 is 0 Å². The number of aromatic nitrogens is 1.